The average molecular weight is 292 g/mol. The third kappa shape index (κ3) is 3.07. The lowest BCUT2D eigenvalue weighted by Gasteiger charge is -2.30. The molecule has 0 heterocycles. The van der Waals surface area contributed by atoms with Crippen LogP contribution in [0.1, 0.15) is 37.2 Å². The van der Waals surface area contributed by atoms with Gasteiger partial charge in [-0.1, -0.05) is 25.0 Å². The fraction of sp³-hybridized carbons (Fsp3) is 0.500. The molecule has 1 aliphatic carbocycles. The highest BCUT2D eigenvalue weighted by molar-refractivity contribution is 5.62. The van der Waals surface area contributed by atoms with Crippen LogP contribution >= 0.6 is 0 Å². The Morgan fingerprint density at radius 2 is 1.71 bits per heavy atom. The molecule has 0 aliphatic heterocycles. The predicted molar refractivity (Wildman–Crippen MR) is 74.7 cm³/mol. The van der Waals surface area contributed by atoms with Crippen molar-refractivity contribution in [3.63, 3.8) is 0 Å². The highest BCUT2D eigenvalue weighted by atomic mass is 16.6. The normalized spacial score (nSPS) is 18.1. The molecule has 0 aromatic heterocycles. The Morgan fingerprint density at radius 3 is 2.14 bits per heavy atom. The number of nitro groups is 2. The molecule has 1 aromatic rings. The lowest BCUT2D eigenvalue weighted by Crippen LogP contribution is -2.32. The van der Waals surface area contributed by atoms with Gasteiger partial charge in [0.15, 0.2) is 0 Å². The van der Waals surface area contributed by atoms with Crippen LogP contribution in [0.25, 0.3) is 0 Å². The zero-order valence-electron chi connectivity index (χ0n) is 11.4. The number of hydrogen-bond acceptors (Lipinski definition) is 5. The van der Waals surface area contributed by atoms with Gasteiger partial charge in [-0.2, -0.15) is 0 Å². The molecule has 7 nitrogen and oxygen atoms in total. The number of aldehydes is 1. The summed E-state index contributed by atoms with van der Waals surface area (Å²) in [5.41, 5.74) is -0.167. The summed E-state index contributed by atoms with van der Waals surface area (Å²) in [5.74, 6) is -0.534. The summed E-state index contributed by atoms with van der Waals surface area (Å²) >= 11 is 0. The van der Waals surface area contributed by atoms with Crippen LogP contribution in [0.5, 0.6) is 0 Å². The van der Waals surface area contributed by atoms with E-state index >= 15 is 0 Å². The van der Waals surface area contributed by atoms with Crippen molar-refractivity contribution in [1.82, 2.24) is 0 Å². The van der Waals surface area contributed by atoms with E-state index in [1.807, 2.05) is 0 Å². The minimum atomic E-state index is -0.719. The lowest BCUT2D eigenvalue weighted by atomic mass is 9.71. The standard InChI is InChI=1S/C14H16N2O5/c17-10-14(7-1-2-8-14)13(9-15(18)19)11-3-5-12(6-4-11)16(20)21/h3-6,10,13H,1-2,7-9H2/t13-/m1/s1. The highest BCUT2D eigenvalue weighted by Gasteiger charge is 2.44. The Hall–Kier alpha value is -2.31. The van der Waals surface area contributed by atoms with E-state index in [-0.39, 0.29) is 12.2 Å². The molecular formula is C14H16N2O5. The van der Waals surface area contributed by atoms with Crippen LogP contribution in [0.3, 0.4) is 0 Å². The number of nitrogens with zero attached hydrogens (tertiary/aromatic N) is 2. The molecule has 0 saturated heterocycles. The van der Waals surface area contributed by atoms with Gasteiger partial charge < -0.3 is 4.79 Å². The van der Waals surface area contributed by atoms with E-state index in [2.05, 4.69) is 0 Å². The number of rotatable bonds is 6. The van der Waals surface area contributed by atoms with E-state index in [4.69, 9.17) is 0 Å². The molecule has 0 radical (unpaired) electrons. The van der Waals surface area contributed by atoms with Gasteiger partial charge in [-0.15, -0.1) is 0 Å². The van der Waals surface area contributed by atoms with Crippen molar-refractivity contribution in [2.45, 2.75) is 31.6 Å². The van der Waals surface area contributed by atoms with E-state index in [0.717, 1.165) is 19.1 Å². The maximum atomic E-state index is 11.6. The van der Waals surface area contributed by atoms with Crippen molar-refractivity contribution < 1.29 is 14.6 Å². The minimum Gasteiger partial charge on any atom is -0.303 e. The van der Waals surface area contributed by atoms with Gasteiger partial charge in [-0.25, -0.2) is 0 Å². The number of hydrogen-bond donors (Lipinski definition) is 0. The van der Waals surface area contributed by atoms with Crippen molar-refractivity contribution in [2.75, 3.05) is 6.54 Å². The van der Waals surface area contributed by atoms with Crippen LogP contribution in [-0.4, -0.2) is 22.7 Å². The highest BCUT2D eigenvalue weighted by Crippen LogP contribution is 2.47. The van der Waals surface area contributed by atoms with Crippen molar-refractivity contribution in [3.05, 3.63) is 50.1 Å². The number of benzene rings is 1. The Morgan fingerprint density at radius 1 is 1.14 bits per heavy atom. The first kappa shape index (κ1) is 15.1. The average Bonchev–Trinajstić information content (AvgIpc) is 2.94. The monoisotopic (exact) mass is 292 g/mol. The van der Waals surface area contributed by atoms with E-state index in [0.29, 0.717) is 18.4 Å². The zero-order valence-corrected chi connectivity index (χ0v) is 11.4. The molecule has 1 saturated carbocycles. The van der Waals surface area contributed by atoms with Gasteiger partial charge in [-0.3, -0.25) is 20.2 Å². The number of nitro benzene ring substituents is 1. The van der Waals surface area contributed by atoms with E-state index < -0.39 is 21.2 Å². The first-order chi connectivity index (χ1) is 9.98. The molecule has 7 heteroatoms. The molecule has 21 heavy (non-hydrogen) atoms. The first-order valence-electron chi connectivity index (χ1n) is 6.81. The second-order valence-electron chi connectivity index (χ2n) is 5.47. The summed E-state index contributed by atoms with van der Waals surface area (Å²) in [6.45, 7) is -0.337. The van der Waals surface area contributed by atoms with Gasteiger partial charge in [0, 0.05) is 22.5 Å². The fourth-order valence-corrected chi connectivity index (χ4v) is 3.18. The maximum absolute atomic E-state index is 11.6. The number of carbonyl (C=O) groups is 1. The van der Waals surface area contributed by atoms with Crippen molar-refractivity contribution in [2.24, 2.45) is 5.41 Å². The third-order valence-corrected chi connectivity index (χ3v) is 4.30. The summed E-state index contributed by atoms with van der Waals surface area (Å²) in [6.07, 6.45) is 3.85. The Kier molecular flexibility index (Phi) is 4.30. The van der Waals surface area contributed by atoms with Gasteiger partial charge in [-0.05, 0) is 18.4 Å². The van der Waals surface area contributed by atoms with Gasteiger partial charge in [0.05, 0.1) is 10.8 Å². The zero-order chi connectivity index (χ0) is 15.5. The summed E-state index contributed by atoms with van der Waals surface area (Å²) in [6, 6.07) is 5.71. The molecule has 0 amide bonds. The largest absolute Gasteiger partial charge is 0.303 e. The molecule has 1 aromatic carbocycles. The van der Waals surface area contributed by atoms with Gasteiger partial charge >= 0.3 is 0 Å². The third-order valence-electron chi connectivity index (χ3n) is 4.30. The Labute approximate surface area is 121 Å². The molecule has 1 atom stereocenters. The number of carbonyl (C=O) groups excluding carboxylic acids is 1. The van der Waals surface area contributed by atoms with Crippen molar-refractivity contribution in [1.29, 1.82) is 0 Å². The summed E-state index contributed by atoms with van der Waals surface area (Å²) < 4.78 is 0. The van der Waals surface area contributed by atoms with Crippen molar-refractivity contribution in [3.8, 4) is 0 Å². The molecule has 1 fully saturated rings. The van der Waals surface area contributed by atoms with E-state index in [9.17, 15) is 25.0 Å². The van der Waals surface area contributed by atoms with Gasteiger partial charge in [0.25, 0.3) is 5.69 Å². The minimum absolute atomic E-state index is 0.0646. The summed E-state index contributed by atoms with van der Waals surface area (Å²) in [4.78, 5) is 32.3. The fourth-order valence-electron chi connectivity index (χ4n) is 3.18. The lowest BCUT2D eigenvalue weighted by molar-refractivity contribution is -0.485. The number of non-ortho nitro benzene ring substituents is 1. The molecule has 1 aliphatic rings. The van der Waals surface area contributed by atoms with Crippen LogP contribution < -0.4 is 0 Å². The summed E-state index contributed by atoms with van der Waals surface area (Å²) in [7, 11) is 0. The van der Waals surface area contributed by atoms with Crippen molar-refractivity contribution >= 4 is 12.0 Å². The first-order valence-corrected chi connectivity index (χ1v) is 6.81. The molecule has 0 unspecified atom stereocenters. The molecule has 0 bridgehead atoms. The SMILES string of the molecule is O=CC1([C@H](C[N+](=O)[O-])c2ccc([N+](=O)[O-])cc2)CCCC1. The molecule has 2 rings (SSSR count). The topological polar surface area (TPSA) is 103 Å². The van der Waals surface area contributed by atoms with Gasteiger partial charge in [0.2, 0.25) is 6.54 Å². The van der Waals surface area contributed by atoms with Crippen LogP contribution in [0.4, 0.5) is 5.69 Å². The maximum Gasteiger partial charge on any atom is 0.269 e. The van der Waals surface area contributed by atoms with E-state index in [1.165, 1.54) is 24.3 Å². The second kappa shape index (κ2) is 5.99. The molecule has 112 valence electrons. The van der Waals surface area contributed by atoms with Gasteiger partial charge in [0.1, 0.15) is 6.29 Å². The molecular weight excluding hydrogens is 276 g/mol. The van der Waals surface area contributed by atoms with Crippen LogP contribution in [0.2, 0.25) is 0 Å². The Bertz CT molecular complexity index is 549. The van der Waals surface area contributed by atoms with E-state index in [1.54, 1.807) is 0 Å². The summed E-state index contributed by atoms with van der Waals surface area (Å²) in [5, 5.41) is 21.6. The molecule has 0 spiro atoms. The second-order valence-corrected chi connectivity index (χ2v) is 5.47. The smallest absolute Gasteiger partial charge is 0.269 e. The predicted octanol–water partition coefficient (Wildman–Crippen LogP) is 2.71. The van der Waals surface area contributed by atoms with Crippen LogP contribution in [0.15, 0.2) is 24.3 Å². The Balaban J connectivity index is 2.37. The molecule has 0 N–H and O–H groups in total. The van der Waals surface area contributed by atoms with Crippen LogP contribution in [0, 0.1) is 25.6 Å². The quantitative estimate of drug-likeness (QED) is 0.455. The van der Waals surface area contributed by atoms with Crippen LogP contribution in [-0.2, 0) is 4.79 Å².